The second-order valence-electron chi connectivity index (χ2n) is 10.3. The van der Waals surface area contributed by atoms with E-state index in [1.165, 1.54) is 35.2 Å². The van der Waals surface area contributed by atoms with E-state index in [2.05, 4.69) is 87.5 Å². The first-order chi connectivity index (χ1) is 14.4. The summed E-state index contributed by atoms with van der Waals surface area (Å²) < 4.78 is 7.38. The van der Waals surface area contributed by atoms with Gasteiger partial charge in [0, 0.05) is 6.10 Å². The Morgan fingerprint density at radius 1 is 0.967 bits per heavy atom. The first kappa shape index (κ1) is 21.5. The van der Waals surface area contributed by atoms with Crippen LogP contribution in [-0.4, -0.2) is 26.1 Å². The molecule has 0 aromatic heterocycles. The number of aliphatic hydroxyl groups excluding tert-OH is 1. The van der Waals surface area contributed by atoms with Gasteiger partial charge in [-0.05, 0) is 64.9 Å². The van der Waals surface area contributed by atoms with Gasteiger partial charge < -0.3 is 9.53 Å². The van der Waals surface area contributed by atoms with Crippen molar-refractivity contribution in [1.82, 2.24) is 0 Å². The third-order valence-electron chi connectivity index (χ3n) is 7.24. The number of hydrogen-bond donors (Lipinski definition) is 1. The van der Waals surface area contributed by atoms with Crippen molar-refractivity contribution in [3.63, 3.8) is 0 Å². The molecule has 2 aromatic rings. The molecule has 1 saturated carbocycles. The predicted molar refractivity (Wildman–Crippen MR) is 128 cm³/mol. The Morgan fingerprint density at radius 3 is 2.10 bits per heavy atom. The Kier molecular flexibility index (Phi) is 6.07. The molecular weight excluding hydrogens is 384 g/mol. The number of benzene rings is 2. The molecule has 160 valence electrons. The van der Waals surface area contributed by atoms with Crippen LogP contribution in [0.25, 0.3) is 0 Å². The van der Waals surface area contributed by atoms with Crippen LogP contribution in [0, 0.1) is 5.41 Å². The normalized spacial score (nSPS) is 24.8. The maximum absolute atomic E-state index is 9.70. The molecule has 2 aromatic carbocycles. The van der Waals surface area contributed by atoms with Crippen molar-refractivity contribution in [2.45, 2.75) is 70.4 Å². The molecule has 0 amide bonds. The lowest BCUT2D eigenvalue weighted by Gasteiger charge is -2.45. The molecular formula is C27H36O2Si. The van der Waals surface area contributed by atoms with Crippen LogP contribution in [0.5, 0.6) is 0 Å². The highest BCUT2D eigenvalue weighted by molar-refractivity contribution is 6.99. The van der Waals surface area contributed by atoms with E-state index in [4.69, 9.17) is 4.43 Å². The van der Waals surface area contributed by atoms with Crippen LogP contribution >= 0.6 is 0 Å². The van der Waals surface area contributed by atoms with E-state index in [1.54, 1.807) is 0 Å². The molecule has 4 rings (SSSR count). The first-order valence-corrected chi connectivity index (χ1v) is 13.4. The number of hydrogen-bond acceptors (Lipinski definition) is 2. The molecule has 0 radical (unpaired) electrons. The minimum atomic E-state index is -2.49. The topological polar surface area (TPSA) is 29.5 Å². The van der Waals surface area contributed by atoms with Gasteiger partial charge in [-0.15, -0.1) is 0 Å². The summed E-state index contributed by atoms with van der Waals surface area (Å²) in [7, 11) is -2.49. The van der Waals surface area contributed by atoms with Gasteiger partial charge in [0.05, 0.1) is 6.61 Å². The highest BCUT2D eigenvalue weighted by Crippen LogP contribution is 2.50. The van der Waals surface area contributed by atoms with E-state index in [0.29, 0.717) is 0 Å². The highest BCUT2D eigenvalue weighted by atomic mass is 28.4. The lowest BCUT2D eigenvalue weighted by Crippen LogP contribution is -2.67. The second kappa shape index (κ2) is 8.45. The first-order valence-electron chi connectivity index (χ1n) is 11.5. The fourth-order valence-corrected chi connectivity index (χ4v) is 10.6. The Balaban J connectivity index is 1.73. The molecule has 0 saturated heterocycles. The van der Waals surface area contributed by atoms with Gasteiger partial charge in [-0.25, -0.2) is 0 Å². The van der Waals surface area contributed by atoms with Gasteiger partial charge in [0.25, 0.3) is 8.32 Å². The summed E-state index contributed by atoms with van der Waals surface area (Å²) in [5, 5.41) is 12.4. The van der Waals surface area contributed by atoms with Crippen LogP contribution in [0.1, 0.15) is 59.3 Å². The summed E-state index contributed by atoms with van der Waals surface area (Å²) in [5.41, 5.74) is 1.46. The number of aliphatic hydroxyl groups is 1. The van der Waals surface area contributed by atoms with Gasteiger partial charge in [0.2, 0.25) is 0 Å². The monoisotopic (exact) mass is 420 g/mol. The van der Waals surface area contributed by atoms with Crippen LogP contribution < -0.4 is 10.4 Å². The summed E-state index contributed by atoms with van der Waals surface area (Å²) in [5.74, 6) is 0. The predicted octanol–water partition coefficient (Wildman–Crippen LogP) is 5.20. The largest absolute Gasteiger partial charge is 0.404 e. The van der Waals surface area contributed by atoms with Gasteiger partial charge in [-0.1, -0.05) is 87.5 Å². The highest BCUT2D eigenvalue weighted by Gasteiger charge is 2.53. The molecule has 30 heavy (non-hydrogen) atoms. The average molecular weight is 421 g/mol. The lowest BCUT2D eigenvalue weighted by atomic mass is 9.75. The quantitative estimate of drug-likeness (QED) is 0.532. The Labute approximate surface area is 183 Å². The third kappa shape index (κ3) is 3.95. The standard InChI is InChI=1S/C27H36O2Si/c1-26(2,3)30(24-12-6-4-7-13-24,25-14-8-5-9-15-25)29-23-16-18-27(20-23)17-10-11-22(19-27)21-28/h4-9,12-15,19,23,28H,10-11,16-18,20-21H2,1-3H3/t23-,27+/m1/s1. The lowest BCUT2D eigenvalue weighted by molar-refractivity contribution is 0.176. The van der Waals surface area contributed by atoms with Crippen molar-refractivity contribution in [3.05, 3.63) is 72.3 Å². The average Bonchev–Trinajstić information content (AvgIpc) is 3.13. The van der Waals surface area contributed by atoms with Crippen molar-refractivity contribution in [1.29, 1.82) is 0 Å². The van der Waals surface area contributed by atoms with Crippen molar-refractivity contribution >= 4 is 18.7 Å². The fourth-order valence-electron chi connectivity index (χ4n) is 5.88. The van der Waals surface area contributed by atoms with E-state index in [-0.39, 0.29) is 23.2 Å². The molecule has 0 bridgehead atoms. The minimum absolute atomic E-state index is 0.0180. The maximum atomic E-state index is 9.70. The molecule has 0 heterocycles. The summed E-state index contributed by atoms with van der Waals surface area (Å²) >= 11 is 0. The molecule has 3 heteroatoms. The molecule has 2 aliphatic carbocycles. The van der Waals surface area contributed by atoms with Crippen molar-refractivity contribution in [3.8, 4) is 0 Å². The van der Waals surface area contributed by atoms with E-state index in [9.17, 15) is 5.11 Å². The molecule has 0 unspecified atom stereocenters. The minimum Gasteiger partial charge on any atom is -0.404 e. The zero-order chi connectivity index (χ0) is 21.2. The SMILES string of the molecule is CC(C)(C)[Si](O[C@@H]1CC[C@@]2(C=C(CO)CCC2)C1)(c1ccccc1)c1ccccc1. The summed E-state index contributed by atoms with van der Waals surface area (Å²) in [6.07, 6.45) is 9.53. The Hall–Kier alpha value is -1.68. The summed E-state index contributed by atoms with van der Waals surface area (Å²) in [6.45, 7) is 7.28. The van der Waals surface area contributed by atoms with E-state index < -0.39 is 8.32 Å². The van der Waals surface area contributed by atoms with Crippen LogP contribution in [0.3, 0.4) is 0 Å². The van der Waals surface area contributed by atoms with E-state index >= 15 is 0 Å². The maximum Gasteiger partial charge on any atom is 0.261 e. The number of allylic oxidation sites excluding steroid dienone is 1. The second-order valence-corrected chi connectivity index (χ2v) is 14.6. The van der Waals surface area contributed by atoms with Crippen molar-refractivity contribution < 1.29 is 9.53 Å². The molecule has 1 N–H and O–H groups in total. The van der Waals surface area contributed by atoms with Gasteiger partial charge in [-0.3, -0.25) is 0 Å². The van der Waals surface area contributed by atoms with E-state index in [1.807, 2.05) is 0 Å². The molecule has 0 aliphatic heterocycles. The van der Waals surface area contributed by atoms with Crippen molar-refractivity contribution in [2.24, 2.45) is 5.41 Å². The zero-order valence-electron chi connectivity index (χ0n) is 18.7. The Morgan fingerprint density at radius 2 is 1.57 bits per heavy atom. The Bertz CT molecular complexity index is 829. The van der Waals surface area contributed by atoms with Gasteiger partial charge in [-0.2, -0.15) is 0 Å². The molecule has 1 fully saturated rings. The molecule has 2 nitrogen and oxygen atoms in total. The third-order valence-corrected chi connectivity index (χ3v) is 12.3. The van der Waals surface area contributed by atoms with Crippen LogP contribution in [0.4, 0.5) is 0 Å². The van der Waals surface area contributed by atoms with Gasteiger partial charge in [0.1, 0.15) is 0 Å². The van der Waals surface area contributed by atoms with Gasteiger partial charge in [0.15, 0.2) is 0 Å². The molecule has 2 aliphatic rings. The molecule has 1 spiro atoms. The van der Waals surface area contributed by atoms with Crippen molar-refractivity contribution in [2.75, 3.05) is 6.61 Å². The summed E-state index contributed by atoms with van der Waals surface area (Å²) in [4.78, 5) is 0. The number of rotatable bonds is 5. The van der Waals surface area contributed by atoms with Crippen LogP contribution in [0.2, 0.25) is 5.04 Å². The van der Waals surface area contributed by atoms with E-state index in [0.717, 1.165) is 19.3 Å². The summed E-state index contributed by atoms with van der Waals surface area (Å²) in [6, 6.07) is 21.9. The molecule has 2 atom stereocenters. The smallest absolute Gasteiger partial charge is 0.261 e. The van der Waals surface area contributed by atoms with Crippen LogP contribution in [0.15, 0.2) is 72.3 Å². The van der Waals surface area contributed by atoms with Crippen LogP contribution in [-0.2, 0) is 4.43 Å². The zero-order valence-corrected chi connectivity index (χ0v) is 19.7. The van der Waals surface area contributed by atoms with Gasteiger partial charge >= 0.3 is 0 Å². The fraction of sp³-hybridized carbons (Fsp3) is 0.481.